The maximum absolute atomic E-state index is 13.1. The number of nitrogens with zero attached hydrogens (tertiary/aromatic N) is 3. The van der Waals surface area contributed by atoms with E-state index in [1.54, 1.807) is 16.8 Å². The van der Waals surface area contributed by atoms with E-state index in [1.165, 1.54) is 12.1 Å². The Bertz CT molecular complexity index is 688. The van der Waals surface area contributed by atoms with Crippen LogP contribution in [0.25, 0.3) is 16.9 Å². The fraction of sp³-hybridized carbons (Fsp3) is 0.0769. The molecule has 4 heteroatoms. The summed E-state index contributed by atoms with van der Waals surface area (Å²) in [5.41, 5.74) is 3.25. The zero-order valence-corrected chi connectivity index (χ0v) is 9.26. The molecule has 0 aliphatic rings. The van der Waals surface area contributed by atoms with Crippen molar-refractivity contribution >= 4 is 5.65 Å². The molecule has 0 fully saturated rings. The van der Waals surface area contributed by atoms with Gasteiger partial charge in [-0.3, -0.25) is 0 Å². The molecule has 0 saturated heterocycles. The van der Waals surface area contributed by atoms with E-state index < -0.39 is 0 Å². The fourth-order valence-electron chi connectivity index (χ4n) is 1.79. The molecular formula is C13H10FN3. The topological polar surface area (TPSA) is 30.2 Å². The first kappa shape index (κ1) is 9.96. The fourth-order valence-corrected chi connectivity index (χ4v) is 1.79. The Labute approximate surface area is 97.5 Å². The van der Waals surface area contributed by atoms with Crippen LogP contribution in [-0.4, -0.2) is 14.6 Å². The molecular weight excluding hydrogens is 217 g/mol. The molecule has 84 valence electrons. The second kappa shape index (κ2) is 3.66. The number of imidazole rings is 1. The van der Waals surface area contributed by atoms with Gasteiger partial charge in [-0.1, -0.05) is 12.1 Å². The molecule has 3 aromatic rings. The van der Waals surface area contributed by atoms with Gasteiger partial charge < -0.3 is 0 Å². The SMILES string of the molecule is Cc1cnc2ccc(-c3cccc(F)c3)nn12. The van der Waals surface area contributed by atoms with Gasteiger partial charge in [-0.2, -0.15) is 5.10 Å². The summed E-state index contributed by atoms with van der Waals surface area (Å²) in [6, 6.07) is 10.1. The van der Waals surface area contributed by atoms with E-state index in [2.05, 4.69) is 10.1 Å². The summed E-state index contributed by atoms with van der Waals surface area (Å²) in [6.07, 6.45) is 1.76. The Morgan fingerprint density at radius 2 is 2.06 bits per heavy atom. The number of rotatable bonds is 1. The third kappa shape index (κ3) is 1.67. The third-order valence-corrected chi connectivity index (χ3v) is 2.65. The molecule has 0 atom stereocenters. The molecule has 0 saturated carbocycles. The standard InChI is InChI=1S/C13H10FN3/c1-9-8-15-13-6-5-12(16-17(9)13)10-3-2-4-11(14)7-10/h2-8H,1H3. The summed E-state index contributed by atoms with van der Waals surface area (Å²) >= 11 is 0. The van der Waals surface area contributed by atoms with Crippen LogP contribution in [-0.2, 0) is 0 Å². The van der Waals surface area contributed by atoms with Gasteiger partial charge in [-0.25, -0.2) is 13.9 Å². The largest absolute Gasteiger partial charge is 0.235 e. The zero-order chi connectivity index (χ0) is 11.8. The first-order chi connectivity index (χ1) is 8.24. The van der Waals surface area contributed by atoms with Gasteiger partial charge in [-0.05, 0) is 31.2 Å². The van der Waals surface area contributed by atoms with E-state index in [1.807, 2.05) is 25.1 Å². The van der Waals surface area contributed by atoms with Crippen LogP contribution in [0, 0.1) is 12.7 Å². The Kier molecular flexibility index (Phi) is 2.14. The van der Waals surface area contributed by atoms with Gasteiger partial charge in [0, 0.05) is 5.56 Å². The number of hydrogen-bond acceptors (Lipinski definition) is 2. The second-order valence-corrected chi connectivity index (χ2v) is 3.90. The molecule has 17 heavy (non-hydrogen) atoms. The minimum absolute atomic E-state index is 0.258. The molecule has 2 aromatic heterocycles. The number of benzene rings is 1. The van der Waals surface area contributed by atoms with Crippen LogP contribution < -0.4 is 0 Å². The molecule has 0 bridgehead atoms. The molecule has 0 aliphatic heterocycles. The highest BCUT2D eigenvalue weighted by atomic mass is 19.1. The quantitative estimate of drug-likeness (QED) is 0.640. The molecule has 0 amide bonds. The van der Waals surface area contributed by atoms with Crippen molar-refractivity contribution in [2.75, 3.05) is 0 Å². The molecule has 0 unspecified atom stereocenters. The molecule has 2 heterocycles. The van der Waals surface area contributed by atoms with Gasteiger partial charge in [0.05, 0.1) is 17.6 Å². The van der Waals surface area contributed by atoms with Crippen molar-refractivity contribution < 1.29 is 4.39 Å². The lowest BCUT2D eigenvalue weighted by molar-refractivity contribution is 0.628. The van der Waals surface area contributed by atoms with Crippen molar-refractivity contribution in [2.24, 2.45) is 0 Å². The predicted molar refractivity (Wildman–Crippen MR) is 63.1 cm³/mol. The summed E-state index contributed by atoms with van der Waals surface area (Å²) in [5, 5.41) is 4.43. The Hall–Kier alpha value is -2.23. The number of halogens is 1. The summed E-state index contributed by atoms with van der Waals surface area (Å²) in [6.45, 7) is 1.93. The van der Waals surface area contributed by atoms with Crippen molar-refractivity contribution in [1.82, 2.24) is 14.6 Å². The average Bonchev–Trinajstić information content (AvgIpc) is 2.71. The number of fused-ring (bicyclic) bond motifs is 1. The highest BCUT2D eigenvalue weighted by Crippen LogP contribution is 2.18. The van der Waals surface area contributed by atoms with E-state index in [-0.39, 0.29) is 5.82 Å². The minimum Gasteiger partial charge on any atom is -0.235 e. The van der Waals surface area contributed by atoms with Gasteiger partial charge in [-0.15, -0.1) is 0 Å². The molecule has 3 rings (SSSR count). The maximum Gasteiger partial charge on any atom is 0.153 e. The predicted octanol–water partition coefficient (Wildman–Crippen LogP) is 2.84. The van der Waals surface area contributed by atoms with E-state index in [0.29, 0.717) is 0 Å². The minimum atomic E-state index is -0.258. The van der Waals surface area contributed by atoms with Crippen molar-refractivity contribution in [2.45, 2.75) is 6.92 Å². The van der Waals surface area contributed by atoms with Crippen LogP contribution in [0.15, 0.2) is 42.6 Å². The van der Waals surface area contributed by atoms with E-state index in [9.17, 15) is 4.39 Å². The molecule has 1 aromatic carbocycles. The van der Waals surface area contributed by atoms with Gasteiger partial charge in [0.25, 0.3) is 0 Å². The highest BCUT2D eigenvalue weighted by Gasteiger charge is 2.04. The van der Waals surface area contributed by atoms with Crippen molar-refractivity contribution in [3.63, 3.8) is 0 Å². The van der Waals surface area contributed by atoms with Crippen LogP contribution in [0.5, 0.6) is 0 Å². The second-order valence-electron chi connectivity index (χ2n) is 3.90. The van der Waals surface area contributed by atoms with E-state index in [0.717, 1.165) is 22.6 Å². The number of aryl methyl sites for hydroxylation is 1. The summed E-state index contributed by atoms with van der Waals surface area (Å²) in [5.74, 6) is -0.258. The lowest BCUT2D eigenvalue weighted by Gasteiger charge is -2.02. The Morgan fingerprint density at radius 1 is 1.18 bits per heavy atom. The Morgan fingerprint density at radius 3 is 2.88 bits per heavy atom. The van der Waals surface area contributed by atoms with Gasteiger partial charge in [0.15, 0.2) is 5.65 Å². The lowest BCUT2D eigenvalue weighted by atomic mass is 10.1. The average molecular weight is 227 g/mol. The molecule has 0 radical (unpaired) electrons. The van der Waals surface area contributed by atoms with Gasteiger partial charge in [0.1, 0.15) is 5.82 Å². The normalized spacial score (nSPS) is 10.9. The highest BCUT2D eigenvalue weighted by molar-refractivity contribution is 5.60. The maximum atomic E-state index is 13.1. The van der Waals surface area contributed by atoms with Crippen LogP contribution in [0.3, 0.4) is 0 Å². The van der Waals surface area contributed by atoms with Crippen molar-refractivity contribution in [3.8, 4) is 11.3 Å². The number of hydrogen-bond donors (Lipinski definition) is 0. The first-order valence-corrected chi connectivity index (χ1v) is 5.31. The van der Waals surface area contributed by atoms with Gasteiger partial charge >= 0.3 is 0 Å². The van der Waals surface area contributed by atoms with E-state index >= 15 is 0 Å². The lowest BCUT2D eigenvalue weighted by Crippen LogP contribution is -1.96. The van der Waals surface area contributed by atoms with Crippen LogP contribution in [0.2, 0.25) is 0 Å². The monoisotopic (exact) mass is 227 g/mol. The molecule has 0 N–H and O–H groups in total. The van der Waals surface area contributed by atoms with Crippen LogP contribution in [0.1, 0.15) is 5.69 Å². The third-order valence-electron chi connectivity index (χ3n) is 2.65. The first-order valence-electron chi connectivity index (χ1n) is 5.31. The summed E-state index contributed by atoms with van der Waals surface area (Å²) in [4.78, 5) is 4.20. The molecule has 3 nitrogen and oxygen atoms in total. The van der Waals surface area contributed by atoms with Crippen LogP contribution >= 0.6 is 0 Å². The molecule has 0 aliphatic carbocycles. The smallest absolute Gasteiger partial charge is 0.153 e. The zero-order valence-electron chi connectivity index (χ0n) is 9.26. The number of aromatic nitrogens is 3. The Balaban J connectivity index is 2.20. The molecule has 0 spiro atoms. The van der Waals surface area contributed by atoms with Gasteiger partial charge in [0.2, 0.25) is 0 Å². The summed E-state index contributed by atoms with van der Waals surface area (Å²) in [7, 11) is 0. The van der Waals surface area contributed by atoms with Crippen LogP contribution in [0.4, 0.5) is 4.39 Å². The van der Waals surface area contributed by atoms with Crippen molar-refractivity contribution in [3.05, 3.63) is 54.1 Å². The van der Waals surface area contributed by atoms with Crippen molar-refractivity contribution in [1.29, 1.82) is 0 Å². The van der Waals surface area contributed by atoms with E-state index in [4.69, 9.17) is 0 Å². The summed E-state index contributed by atoms with van der Waals surface area (Å²) < 4.78 is 14.9.